The van der Waals surface area contributed by atoms with E-state index in [-0.39, 0.29) is 5.56 Å². The Morgan fingerprint density at radius 3 is 2.00 bits per heavy atom. The average molecular weight is 686 g/mol. The number of rotatable bonds is 5. The summed E-state index contributed by atoms with van der Waals surface area (Å²) in [4.78, 5) is 9.41. The summed E-state index contributed by atoms with van der Waals surface area (Å²) >= 11 is 3.24. The highest BCUT2D eigenvalue weighted by molar-refractivity contribution is 7.26. The van der Waals surface area contributed by atoms with Gasteiger partial charge in [0, 0.05) is 35.8 Å². The minimum absolute atomic E-state index is 0.0730. The molecule has 0 N–H and O–H groups in total. The first-order chi connectivity index (χ1) is 30.2. The van der Waals surface area contributed by atoms with Crippen LogP contribution in [0.15, 0.2) is 170 Å². The predicted molar refractivity (Wildman–Crippen MR) is 215 cm³/mol. The maximum Gasteiger partial charge on any atom is 0.116 e. The van der Waals surface area contributed by atoms with Crippen molar-refractivity contribution < 1.29 is 17.8 Å². The van der Waals surface area contributed by atoms with Gasteiger partial charge in [-0.1, -0.05) is 133 Å². The molecule has 3 aromatic heterocycles. The van der Waals surface area contributed by atoms with Crippen molar-refractivity contribution in [2.45, 2.75) is 0 Å². The third-order valence-corrected chi connectivity index (χ3v) is 11.0. The summed E-state index contributed by atoms with van der Waals surface area (Å²) < 4.78 is 117. The van der Waals surface area contributed by atoms with Crippen LogP contribution in [0, 0.1) is 0 Å². The van der Waals surface area contributed by atoms with Crippen LogP contribution < -0.4 is 0 Å². The van der Waals surface area contributed by atoms with Gasteiger partial charge in [-0.15, -0.1) is 22.7 Å². The number of fused-ring (bicyclic) bond motifs is 6. The van der Waals surface area contributed by atoms with Crippen LogP contribution in [0.25, 0.3) is 96.2 Å². The second-order valence-electron chi connectivity index (χ2n) is 11.6. The van der Waals surface area contributed by atoms with Crippen LogP contribution >= 0.6 is 22.7 Å². The Bertz CT molecular complexity index is 3580. The Morgan fingerprint density at radius 1 is 0.440 bits per heavy atom. The van der Waals surface area contributed by atoms with Gasteiger partial charge >= 0.3 is 0 Å². The molecule has 0 radical (unpaired) electrons. The lowest BCUT2D eigenvalue weighted by atomic mass is 9.96. The van der Waals surface area contributed by atoms with Gasteiger partial charge in [-0.25, -0.2) is 9.97 Å². The lowest BCUT2D eigenvalue weighted by Gasteiger charge is -2.08. The quantitative estimate of drug-likeness (QED) is 0.180. The van der Waals surface area contributed by atoms with Crippen LogP contribution in [0.4, 0.5) is 0 Å². The van der Waals surface area contributed by atoms with Gasteiger partial charge in [-0.05, 0) is 74.8 Å². The van der Waals surface area contributed by atoms with E-state index in [1.165, 1.54) is 37.8 Å². The molecule has 0 amide bonds. The van der Waals surface area contributed by atoms with Gasteiger partial charge in [0.05, 0.1) is 33.7 Å². The van der Waals surface area contributed by atoms with E-state index < -0.39 is 101 Å². The van der Waals surface area contributed by atoms with Gasteiger partial charge in [-0.2, -0.15) is 0 Å². The van der Waals surface area contributed by atoms with Crippen molar-refractivity contribution >= 4 is 63.1 Å². The third kappa shape index (κ3) is 4.92. The molecule has 50 heavy (non-hydrogen) atoms. The lowest BCUT2D eigenvalue weighted by molar-refractivity contribution is 1.24. The van der Waals surface area contributed by atoms with Crippen LogP contribution in [-0.4, -0.2) is 9.97 Å². The predicted octanol–water partition coefficient (Wildman–Crippen LogP) is 13.5. The molecule has 0 saturated carbocycles. The number of thiophene rings is 2. The Labute approximate surface area is 315 Å². The van der Waals surface area contributed by atoms with Crippen molar-refractivity contribution in [3.05, 3.63) is 170 Å². The topological polar surface area (TPSA) is 25.8 Å². The summed E-state index contributed by atoms with van der Waals surface area (Å²) in [6.07, 6.45) is 1.49. The molecular weight excluding hydrogens is 645 g/mol. The monoisotopic (exact) mass is 685 g/mol. The van der Waals surface area contributed by atoms with Gasteiger partial charge in [0.1, 0.15) is 6.33 Å². The molecule has 10 rings (SSSR count). The molecule has 0 atom stereocenters. The first-order valence-corrected chi connectivity index (χ1v) is 17.3. The number of benzene rings is 7. The Morgan fingerprint density at radius 2 is 1.12 bits per heavy atom. The second-order valence-corrected chi connectivity index (χ2v) is 13.7. The van der Waals surface area contributed by atoms with Crippen LogP contribution in [0.1, 0.15) is 17.8 Å². The minimum Gasteiger partial charge on any atom is -0.235 e. The molecule has 0 aliphatic rings. The van der Waals surface area contributed by atoms with Crippen molar-refractivity contribution in [1.29, 1.82) is 0 Å². The highest BCUT2D eigenvalue weighted by Crippen LogP contribution is 2.43. The normalized spacial score (nSPS) is 15.2. The molecule has 0 saturated heterocycles. The van der Waals surface area contributed by atoms with Crippen molar-refractivity contribution in [2.75, 3.05) is 0 Å². The zero-order chi connectivity index (χ0) is 44.3. The van der Waals surface area contributed by atoms with E-state index in [4.69, 9.17) is 21.4 Å². The maximum absolute atomic E-state index is 9.39. The van der Waals surface area contributed by atoms with E-state index in [9.17, 15) is 1.37 Å². The second kappa shape index (κ2) is 11.9. The Balaban J connectivity index is 1.11. The van der Waals surface area contributed by atoms with Crippen molar-refractivity contribution in [2.24, 2.45) is 0 Å². The molecule has 0 unspecified atom stereocenters. The van der Waals surface area contributed by atoms with Crippen molar-refractivity contribution in [3.63, 3.8) is 0 Å². The molecule has 2 nitrogen and oxygen atoms in total. The van der Waals surface area contributed by atoms with Crippen LogP contribution in [0.2, 0.25) is 0 Å². The van der Waals surface area contributed by atoms with Crippen molar-refractivity contribution in [1.82, 2.24) is 9.97 Å². The molecule has 0 aliphatic heterocycles. The molecule has 0 spiro atoms. The van der Waals surface area contributed by atoms with Gasteiger partial charge in [0.2, 0.25) is 0 Å². The highest BCUT2D eigenvalue weighted by atomic mass is 32.1. The van der Waals surface area contributed by atoms with Gasteiger partial charge in [0.25, 0.3) is 0 Å². The molecule has 3 heterocycles. The van der Waals surface area contributed by atoms with E-state index in [1.807, 2.05) is 24.3 Å². The molecule has 7 aromatic carbocycles. The summed E-state index contributed by atoms with van der Waals surface area (Å²) in [5.74, 6) is 0. The van der Waals surface area contributed by atoms with E-state index in [2.05, 4.69) is 53.5 Å². The molecule has 4 heteroatoms. The lowest BCUT2D eigenvalue weighted by Crippen LogP contribution is -1.87. The molecule has 0 aliphatic carbocycles. The standard InChI is InChI=1S/C46H28N2S2/c1-2-9-29(10-3-1)30-19-21-31(22-20-30)32-11-6-12-33(25-32)34-23-24-42-40(27-34)44-46(50-42)43(47-28-48-44)36-14-7-13-35(26-36)37-16-8-17-39-38-15-4-5-18-41(38)49-45(37)39/h1-28H/i1D,2D,3D,6D,9D,10D,11D,12D,19D,20D,21D,22D,25D. The Kier molecular flexibility index (Phi) is 4.45. The number of hydrogen-bond acceptors (Lipinski definition) is 4. The molecular formula is C46H28N2S2. The molecule has 10 aromatic rings. The van der Waals surface area contributed by atoms with E-state index in [0.29, 0.717) is 16.5 Å². The largest absolute Gasteiger partial charge is 0.235 e. The summed E-state index contributed by atoms with van der Waals surface area (Å²) in [6, 6.07) is 19.5. The zero-order valence-corrected chi connectivity index (χ0v) is 27.5. The van der Waals surface area contributed by atoms with Crippen molar-refractivity contribution in [3.8, 4) is 55.8 Å². The van der Waals surface area contributed by atoms with Crippen LogP contribution in [0.5, 0.6) is 0 Å². The fourth-order valence-electron chi connectivity index (χ4n) is 6.30. The summed E-state index contributed by atoms with van der Waals surface area (Å²) in [7, 11) is 0. The van der Waals surface area contributed by atoms with E-state index in [1.54, 1.807) is 23.5 Å². The van der Waals surface area contributed by atoms with Gasteiger partial charge < -0.3 is 0 Å². The fraction of sp³-hybridized carbons (Fsp3) is 0. The van der Waals surface area contributed by atoms with E-state index >= 15 is 0 Å². The summed E-state index contributed by atoms with van der Waals surface area (Å²) in [6.45, 7) is 0. The van der Waals surface area contributed by atoms with E-state index in [0.717, 1.165) is 31.8 Å². The molecule has 0 fully saturated rings. The first kappa shape index (κ1) is 18.7. The van der Waals surface area contributed by atoms with Gasteiger partial charge in [-0.3, -0.25) is 0 Å². The summed E-state index contributed by atoms with van der Waals surface area (Å²) in [5, 5.41) is 3.11. The number of hydrogen-bond donors (Lipinski definition) is 0. The average Bonchev–Trinajstić information content (AvgIpc) is 3.87. The van der Waals surface area contributed by atoms with Crippen LogP contribution in [-0.2, 0) is 0 Å². The number of aromatic nitrogens is 2. The third-order valence-electron chi connectivity index (χ3n) is 8.64. The first-order valence-electron chi connectivity index (χ1n) is 22.2. The zero-order valence-electron chi connectivity index (χ0n) is 38.9. The smallest absolute Gasteiger partial charge is 0.116 e. The molecule has 0 bridgehead atoms. The van der Waals surface area contributed by atoms with Crippen LogP contribution in [0.3, 0.4) is 0 Å². The summed E-state index contributed by atoms with van der Waals surface area (Å²) in [5.41, 5.74) is 2.68. The molecule has 234 valence electrons. The SMILES string of the molecule is [2H]c1c([2H])c([2H])c(-c2c([2H])c([2H])c(-c3c([2H])c([2H])c([2H])c(-c4ccc5sc6c(-c7cccc(-c8cccc9c8sc8ccccc89)c7)ncnc6c5c4)c3[2H])c([2H])c2[2H])c([2H])c1[2H]. The fourth-order valence-corrected chi connectivity index (χ4v) is 8.68. The highest BCUT2D eigenvalue weighted by Gasteiger charge is 2.16. The number of nitrogens with zero attached hydrogens (tertiary/aromatic N) is 2. The minimum atomic E-state index is -0.754. The van der Waals surface area contributed by atoms with Gasteiger partial charge in [0.15, 0.2) is 0 Å². The maximum atomic E-state index is 9.39. The Hall–Kier alpha value is -5.94.